The molecule has 26 heavy (non-hydrogen) atoms. The van der Waals surface area contributed by atoms with E-state index in [1.165, 1.54) is 0 Å². The molecule has 7 heteroatoms. The van der Waals surface area contributed by atoms with Crippen molar-refractivity contribution in [1.82, 2.24) is 10.5 Å². The van der Waals surface area contributed by atoms with E-state index in [2.05, 4.69) is 10.5 Å². The molecule has 0 saturated heterocycles. The zero-order valence-electron chi connectivity index (χ0n) is 14.1. The van der Waals surface area contributed by atoms with Gasteiger partial charge in [0, 0.05) is 10.4 Å². The van der Waals surface area contributed by atoms with Crippen LogP contribution in [0.4, 0.5) is 0 Å². The maximum atomic E-state index is 12.0. The van der Waals surface area contributed by atoms with Crippen LogP contribution in [0.1, 0.15) is 24.2 Å². The van der Waals surface area contributed by atoms with Gasteiger partial charge in [0.2, 0.25) is 0 Å². The molecule has 1 N–H and O–H groups in total. The molecule has 0 radical (unpaired) electrons. The maximum absolute atomic E-state index is 12.0. The summed E-state index contributed by atoms with van der Waals surface area (Å²) >= 11 is 6.10. The standard InChI is InChI=1S/C19H17ClN2O4/c1-12(13-6-2-4-8-15(13)20)21-18(23)11-25-19(24)10-16-14-7-3-5-9-17(14)26-22-16/h2-9,12H,10-11H2,1H3,(H,21,23)/t12-/m0/s1. The van der Waals surface area contributed by atoms with E-state index < -0.39 is 11.9 Å². The van der Waals surface area contributed by atoms with Crippen LogP contribution in [0, 0.1) is 0 Å². The lowest BCUT2D eigenvalue weighted by molar-refractivity contribution is -0.148. The van der Waals surface area contributed by atoms with E-state index in [0.29, 0.717) is 16.3 Å². The van der Waals surface area contributed by atoms with E-state index in [0.717, 1.165) is 10.9 Å². The van der Waals surface area contributed by atoms with Crippen LogP contribution in [0.2, 0.25) is 5.02 Å². The number of hydrogen-bond donors (Lipinski definition) is 1. The molecule has 0 bridgehead atoms. The molecule has 1 amide bonds. The topological polar surface area (TPSA) is 81.4 Å². The lowest BCUT2D eigenvalue weighted by Crippen LogP contribution is -2.31. The zero-order chi connectivity index (χ0) is 18.5. The van der Waals surface area contributed by atoms with Gasteiger partial charge in [0.05, 0.1) is 12.5 Å². The number of para-hydroxylation sites is 1. The minimum atomic E-state index is -0.551. The Morgan fingerprint density at radius 3 is 2.73 bits per heavy atom. The maximum Gasteiger partial charge on any atom is 0.312 e. The minimum Gasteiger partial charge on any atom is -0.455 e. The Labute approximate surface area is 155 Å². The third-order valence-corrected chi connectivity index (χ3v) is 4.22. The largest absolute Gasteiger partial charge is 0.455 e. The first kappa shape index (κ1) is 17.9. The molecule has 1 aromatic heterocycles. The molecular weight excluding hydrogens is 356 g/mol. The van der Waals surface area contributed by atoms with Crippen molar-refractivity contribution in [3.8, 4) is 0 Å². The molecule has 3 aromatic rings. The smallest absolute Gasteiger partial charge is 0.312 e. The van der Waals surface area contributed by atoms with Crippen molar-refractivity contribution in [2.24, 2.45) is 0 Å². The Bertz CT molecular complexity index is 938. The average molecular weight is 373 g/mol. The van der Waals surface area contributed by atoms with Crippen molar-refractivity contribution < 1.29 is 18.8 Å². The number of benzene rings is 2. The van der Waals surface area contributed by atoms with Gasteiger partial charge < -0.3 is 14.6 Å². The summed E-state index contributed by atoms with van der Waals surface area (Å²) in [6.45, 7) is 1.44. The molecule has 2 aromatic carbocycles. The van der Waals surface area contributed by atoms with Crippen molar-refractivity contribution >= 4 is 34.4 Å². The fraction of sp³-hybridized carbons (Fsp3) is 0.211. The summed E-state index contributed by atoms with van der Waals surface area (Å²) in [4.78, 5) is 24.0. The molecular formula is C19H17ClN2O4. The predicted octanol–water partition coefficient (Wildman–Crippen LogP) is 3.44. The number of ether oxygens (including phenoxy) is 1. The Morgan fingerprint density at radius 1 is 1.19 bits per heavy atom. The second kappa shape index (κ2) is 8.01. The van der Waals surface area contributed by atoms with Crippen molar-refractivity contribution in [2.75, 3.05) is 6.61 Å². The third kappa shape index (κ3) is 4.21. The van der Waals surface area contributed by atoms with Gasteiger partial charge >= 0.3 is 5.97 Å². The Hall–Kier alpha value is -2.86. The molecule has 1 atom stereocenters. The normalized spacial score (nSPS) is 11.9. The van der Waals surface area contributed by atoms with Crippen LogP contribution >= 0.6 is 11.6 Å². The van der Waals surface area contributed by atoms with Gasteiger partial charge in [-0.3, -0.25) is 9.59 Å². The van der Waals surface area contributed by atoms with Crippen molar-refractivity contribution in [1.29, 1.82) is 0 Å². The van der Waals surface area contributed by atoms with E-state index in [9.17, 15) is 9.59 Å². The second-order valence-corrected chi connectivity index (χ2v) is 6.18. The van der Waals surface area contributed by atoms with Gasteiger partial charge in [0.15, 0.2) is 12.2 Å². The molecule has 1 heterocycles. The van der Waals surface area contributed by atoms with Crippen LogP contribution in [0.3, 0.4) is 0 Å². The van der Waals surface area contributed by atoms with Gasteiger partial charge in [-0.25, -0.2) is 0 Å². The van der Waals surface area contributed by atoms with E-state index in [1.54, 1.807) is 12.1 Å². The number of aromatic nitrogens is 1. The van der Waals surface area contributed by atoms with Crippen LogP contribution in [-0.2, 0) is 20.7 Å². The highest BCUT2D eigenvalue weighted by molar-refractivity contribution is 6.31. The molecule has 0 aliphatic carbocycles. The summed E-state index contributed by atoms with van der Waals surface area (Å²) in [7, 11) is 0. The van der Waals surface area contributed by atoms with E-state index in [1.807, 2.05) is 43.3 Å². The lowest BCUT2D eigenvalue weighted by atomic mass is 10.1. The van der Waals surface area contributed by atoms with Crippen molar-refractivity contribution in [3.63, 3.8) is 0 Å². The molecule has 0 aliphatic heterocycles. The van der Waals surface area contributed by atoms with Gasteiger partial charge in [0.25, 0.3) is 5.91 Å². The monoisotopic (exact) mass is 372 g/mol. The zero-order valence-corrected chi connectivity index (χ0v) is 14.8. The quantitative estimate of drug-likeness (QED) is 0.670. The predicted molar refractivity (Wildman–Crippen MR) is 96.7 cm³/mol. The molecule has 3 rings (SSSR count). The van der Waals surface area contributed by atoms with E-state index in [4.69, 9.17) is 20.9 Å². The second-order valence-electron chi connectivity index (χ2n) is 5.77. The molecule has 0 spiro atoms. The number of halogens is 1. The molecule has 0 unspecified atom stereocenters. The van der Waals surface area contributed by atoms with E-state index in [-0.39, 0.29) is 19.1 Å². The molecule has 0 saturated carbocycles. The first-order valence-corrected chi connectivity index (χ1v) is 8.45. The van der Waals surface area contributed by atoms with Crippen LogP contribution in [0.5, 0.6) is 0 Å². The summed E-state index contributed by atoms with van der Waals surface area (Å²) in [5.74, 6) is -0.958. The minimum absolute atomic E-state index is 0.0651. The van der Waals surface area contributed by atoms with Crippen molar-refractivity contribution in [3.05, 3.63) is 64.8 Å². The fourth-order valence-electron chi connectivity index (χ4n) is 2.59. The highest BCUT2D eigenvalue weighted by Gasteiger charge is 2.16. The van der Waals surface area contributed by atoms with Crippen LogP contribution in [0.25, 0.3) is 11.0 Å². The Kier molecular flexibility index (Phi) is 5.53. The van der Waals surface area contributed by atoms with Crippen LogP contribution < -0.4 is 5.32 Å². The highest BCUT2D eigenvalue weighted by Crippen LogP contribution is 2.22. The van der Waals surface area contributed by atoms with Gasteiger partial charge in [-0.05, 0) is 30.7 Å². The molecule has 134 valence electrons. The number of rotatable bonds is 6. The van der Waals surface area contributed by atoms with Crippen molar-refractivity contribution in [2.45, 2.75) is 19.4 Å². The number of carbonyl (C=O) groups is 2. The lowest BCUT2D eigenvalue weighted by Gasteiger charge is -2.15. The number of esters is 1. The third-order valence-electron chi connectivity index (χ3n) is 3.88. The summed E-state index contributed by atoms with van der Waals surface area (Å²) in [6, 6.07) is 14.2. The number of carbonyl (C=O) groups excluding carboxylic acids is 2. The summed E-state index contributed by atoms with van der Waals surface area (Å²) in [5, 5.41) is 7.93. The van der Waals surface area contributed by atoms with Gasteiger partial charge in [-0.2, -0.15) is 0 Å². The summed E-state index contributed by atoms with van der Waals surface area (Å²) < 4.78 is 10.2. The summed E-state index contributed by atoms with van der Waals surface area (Å²) in [6.07, 6.45) is -0.0651. The first-order valence-electron chi connectivity index (χ1n) is 8.07. The van der Waals surface area contributed by atoms with E-state index >= 15 is 0 Å². The number of nitrogens with zero attached hydrogens (tertiary/aromatic N) is 1. The average Bonchev–Trinajstić information content (AvgIpc) is 3.03. The van der Waals surface area contributed by atoms with Gasteiger partial charge in [0.1, 0.15) is 5.69 Å². The SMILES string of the molecule is C[C@H](NC(=O)COC(=O)Cc1noc2ccccc12)c1ccccc1Cl. The van der Waals surface area contributed by atoms with Crippen LogP contribution in [0.15, 0.2) is 53.1 Å². The highest BCUT2D eigenvalue weighted by atomic mass is 35.5. The fourth-order valence-corrected chi connectivity index (χ4v) is 2.89. The Morgan fingerprint density at radius 2 is 1.92 bits per heavy atom. The first-order chi connectivity index (χ1) is 12.5. The number of nitrogens with one attached hydrogen (secondary N) is 1. The van der Waals surface area contributed by atoms with Crippen LogP contribution in [-0.4, -0.2) is 23.6 Å². The van der Waals surface area contributed by atoms with Gasteiger partial charge in [-0.1, -0.05) is 47.1 Å². The molecule has 6 nitrogen and oxygen atoms in total. The molecule has 0 aliphatic rings. The summed E-state index contributed by atoms with van der Waals surface area (Å²) in [5.41, 5.74) is 1.87. The number of fused-ring (bicyclic) bond motifs is 1. The molecule has 0 fully saturated rings. The number of hydrogen-bond acceptors (Lipinski definition) is 5. The van der Waals surface area contributed by atoms with Gasteiger partial charge in [-0.15, -0.1) is 0 Å². The Balaban J connectivity index is 1.51. The number of amides is 1.